The van der Waals surface area contributed by atoms with Crippen LogP contribution in [0.25, 0.3) is 0 Å². The molecule has 0 aromatic heterocycles. The van der Waals surface area contributed by atoms with Crippen molar-refractivity contribution in [2.24, 2.45) is 22.5 Å². The Morgan fingerprint density at radius 3 is 2.12 bits per heavy atom. The summed E-state index contributed by atoms with van der Waals surface area (Å²) in [6.07, 6.45) is 2.56. The Morgan fingerprint density at radius 2 is 1.69 bits per heavy atom. The maximum atomic E-state index is 5.46. The van der Waals surface area contributed by atoms with Gasteiger partial charge in [-0.1, -0.05) is 41.5 Å². The average molecular weight is 228 g/mol. The molecule has 2 heteroatoms. The van der Waals surface area contributed by atoms with Crippen molar-refractivity contribution in [3.8, 4) is 0 Å². The highest BCUT2D eigenvalue weighted by molar-refractivity contribution is 4.78. The number of nitrogens with one attached hydrogen (secondary N) is 1. The fourth-order valence-electron chi connectivity index (χ4n) is 2.97. The largest absolute Gasteiger partial charge is 0.329 e. The van der Waals surface area contributed by atoms with E-state index < -0.39 is 0 Å². The molecule has 1 atom stereocenters. The first kappa shape index (κ1) is 15.9. The minimum absolute atomic E-state index is 0.425. The van der Waals surface area contributed by atoms with Crippen molar-refractivity contribution in [1.82, 2.24) is 5.32 Å². The molecule has 0 saturated heterocycles. The molecular formula is C14H32N2. The summed E-state index contributed by atoms with van der Waals surface area (Å²) in [4.78, 5) is 0. The van der Waals surface area contributed by atoms with E-state index in [2.05, 4.69) is 46.9 Å². The molecule has 0 aliphatic rings. The molecule has 0 aromatic carbocycles. The van der Waals surface area contributed by atoms with Crippen molar-refractivity contribution < 1.29 is 0 Å². The normalized spacial score (nSPS) is 15.2. The molecule has 3 N–H and O–H groups in total. The summed E-state index contributed by atoms with van der Waals surface area (Å²) >= 11 is 0. The van der Waals surface area contributed by atoms with E-state index in [0.29, 0.717) is 10.8 Å². The Hall–Kier alpha value is -0.0800. The third kappa shape index (κ3) is 9.17. The van der Waals surface area contributed by atoms with Crippen LogP contribution in [0.2, 0.25) is 0 Å². The summed E-state index contributed by atoms with van der Waals surface area (Å²) < 4.78 is 0. The third-order valence-corrected chi connectivity index (χ3v) is 2.72. The molecule has 98 valence electrons. The van der Waals surface area contributed by atoms with Crippen LogP contribution in [-0.4, -0.2) is 19.6 Å². The van der Waals surface area contributed by atoms with Gasteiger partial charge in [-0.05, 0) is 36.1 Å². The smallest absolute Gasteiger partial charge is 0.00746 e. The Balaban J connectivity index is 3.95. The highest BCUT2D eigenvalue weighted by Crippen LogP contribution is 2.37. The maximum absolute atomic E-state index is 5.46. The summed E-state index contributed by atoms with van der Waals surface area (Å²) in [6.45, 7) is 16.8. The summed E-state index contributed by atoms with van der Waals surface area (Å²) in [6, 6.07) is 0. The zero-order chi connectivity index (χ0) is 12.8. The van der Waals surface area contributed by atoms with Gasteiger partial charge >= 0.3 is 0 Å². The first-order valence-electron chi connectivity index (χ1n) is 6.57. The van der Waals surface area contributed by atoms with Crippen molar-refractivity contribution in [2.75, 3.05) is 19.6 Å². The Bertz CT molecular complexity index is 180. The molecule has 0 aromatic rings. The monoisotopic (exact) mass is 228 g/mol. The molecule has 2 nitrogen and oxygen atoms in total. The minimum atomic E-state index is 0.425. The fourth-order valence-corrected chi connectivity index (χ4v) is 2.97. The van der Waals surface area contributed by atoms with Gasteiger partial charge in [-0.3, -0.25) is 0 Å². The SMILES string of the molecule is CC(CNCCN)CC(C)(C)CC(C)(C)C. The number of hydrogen-bond donors (Lipinski definition) is 2. The van der Waals surface area contributed by atoms with Gasteiger partial charge in [-0.2, -0.15) is 0 Å². The van der Waals surface area contributed by atoms with Crippen LogP contribution >= 0.6 is 0 Å². The van der Waals surface area contributed by atoms with Crippen LogP contribution in [0, 0.1) is 16.7 Å². The number of hydrogen-bond acceptors (Lipinski definition) is 2. The molecule has 0 bridgehead atoms. The maximum Gasteiger partial charge on any atom is 0.00746 e. The molecule has 1 unspecified atom stereocenters. The molecule has 0 fully saturated rings. The first-order chi connectivity index (χ1) is 7.16. The molecule has 0 heterocycles. The molecule has 0 spiro atoms. The van der Waals surface area contributed by atoms with Gasteiger partial charge in [0.15, 0.2) is 0 Å². The van der Waals surface area contributed by atoms with Crippen molar-refractivity contribution in [1.29, 1.82) is 0 Å². The summed E-state index contributed by atoms with van der Waals surface area (Å²) in [5.41, 5.74) is 6.32. The molecule has 0 rings (SSSR count). The van der Waals surface area contributed by atoms with Crippen molar-refractivity contribution in [3.63, 3.8) is 0 Å². The lowest BCUT2D eigenvalue weighted by Crippen LogP contribution is -2.30. The second-order valence-corrected chi connectivity index (χ2v) is 7.20. The van der Waals surface area contributed by atoms with Crippen molar-refractivity contribution in [3.05, 3.63) is 0 Å². The Morgan fingerprint density at radius 1 is 1.12 bits per heavy atom. The van der Waals surface area contributed by atoms with E-state index in [1.54, 1.807) is 0 Å². The molecule has 0 aliphatic carbocycles. The van der Waals surface area contributed by atoms with E-state index in [4.69, 9.17) is 5.73 Å². The van der Waals surface area contributed by atoms with Gasteiger partial charge in [-0.15, -0.1) is 0 Å². The second-order valence-electron chi connectivity index (χ2n) is 7.20. The van der Waals surface area contributed by atoms with E-state index in [0.717, 1.165) is 25.6 Å². The molecule has 0 aliphatic heterocycles. The van der Waals surface area contributed by atoms with E-state index in [-0.39, 0.29) is 0 Å². The van der Waals surface area contributed by atoms with E-state index in [9.17, 15) is 0 Å². The van der Waals surface area contributed by atoms with Crippen molar-refractivity contribution in [2.45, 2.75) is 54.4 Å². The number of rotatable bonds is 7. The van der Waals surface area contributed by atoms with E-state index in [1.807, 2.05) is 0 Å². The van der Waals surface area contributed by atoms with Crippen LogP contribution in [0.15, 0.2) is 0 Å². The zero-order valence-electron chi connectivity index (χ0n) is 12.2. The summed E-state index contributed by atoms with van der Waals surface area (Å²) in [5.74, 6) is 0.726. The second kappa shape index (κ2) is 6.61. The standard InChI is InChI=1S/C14H32N2/c1-12(10-16-8-7-15)9-14(5,6)11-13(2,3)4/h12,16H,7-11,15H2,1-6H3. The molecular weight excluding hydrogens is 196 g/mol. The lowest BCUT2D eigenvalue weighted by Gasteiger charge is -2.34. The van der Waals surface area contributed by atoms with Crippen LogP contribution in [0.1, 0.15) is 54.4 Å². The summed E-state index contributed by atoms with van der Waals surface area (Å²) in [7, 11) is 0. The highest BCUT2D eigenvalue weighted by Gasteiger charge is 2.26. The van der Waals surface area contributed by atoms with Gasteiger partial charge in [0.2, 0.25) is 0 Å². The lowest BCUT2D eigenvalue weighted by molar-refractivity contribution is 0.174. The highest BCUT2D eigenvalue weighted by atomic mass is 14.9. The van der Waals surface area contributed by atoms with Gasteiger partial charge in [-0.25, -0.2) is 0 Å². The van der Waals surface area contributed by atoms with E-state index in [1.165, 1.54) is 12.8 Å². The Labute approximate surface area is 102 Å². The third-order valence-electron chi connectivity index (χ3n) is 2.72. The number of nitrogens with two attached hydrogens (primary N) is 1. The molecule has 0 amide bonds. The van der Waals surface area contributed by atoms with Gasteiger partial charge < -0.3 is 11.1 Å². The average Bonchev–Trinajstić information content (AvgIpc) is 1.98. The Kier molecular flexibility index (Phi) is 6.57. The van der Waals surface area contributed by atoms with Gasteiger partial charge in [0.05, 0.1) is 0 Å². The molecule has 0 radical (unpaired) electrons. The first-order valence-corrected chi connectivity index (χ1v) is 6.57. The molecule has 0 saturated carbocycles. The fraction of sp³-hybridized carbons (Fsp3) is 1.00. The van der Waals surface area contributed by atoms with Crippen LogP contribution in [0.4, 0.5) is 0 Å². The zero-order valence-corrected chi connectivity index (χ0v) is 12.2. The predicted molar refractivity (Wildman–Crippen MR) is 73.6 cm³/mol. The van der Waals surface area contributed by atoms with Crippen LogP contribution in [0.5, 0.6) is 0 Å². The quantitative estimate of drug-likeness (QED) is 0.657. The van der Waals surface area contributed by atoms with E-state index >= 15 is 0 Å². The van der Waals surface area contributed by atoms with Gasteiger partial charge in [0, 0.05) is 13.1 Å². The molecule has 16 heavy (non-hydrogen) atoms. The van der Waals surface area contributed by atoms with Gasteiger partial charge in [0.1, 0.15) is 0 Å². The van der Waals surface area contributed by atoms with Crippen molar-refractivity contribution >= 4 is 0 Å². The topological polar surface area (TPSA) is 38.0 Å². The van der Waals surface area contributed by atoms with Crippen LogP contribution in [-0.2, 0) is 0 Å². The summed E-state index contributed by atoms with van der Waals surface area (Å²) in [5, 5.41) is 3.40. The predicted octanol–water partition coefficient (Wildman–Crippen LogP) is 3.02. The van der Waals surface area contributed by atoms with Crippen LogP contribution < -0.4 is 11.1 Å². The van der Waals surface area contributed by atoms with Crippen LogP contribution in [0.3, 0.4) is 0 Å². The lowest BCUT2D eigenvalue weighted by atomic mass is 9.72. The van der Waals surface area contributed by atoms with Gasteiger partial charge in [0.25, 0.3) is 0 Å². The minimum Gasteiger partial charge on any atom is -0.329 e.